The van der Waals surface area contributed by atoms with Gasteiger partial charge < -0.3 is 15.2 Å². The van der Waals surface area contributed by atoms with Gasteiger partial charge in [0.2, 0.25) is 0 Å². The number of aromatic amines is 1. The highest BCUT2D eigenvalue weighted by molar-refractivity contribution is 6.32. The SMILES string of the molecule is Nc1cc(-c2ccc(OC3COC3)c(Cl)c2)[nH]n1. The van der Waals surface area contributed by atoms with E-state index >= 15 is 0 Å². The lowest BCUT2D eigenvalue weighted by Crippen LogP contribution is -2.38. The number of benzene rings is 1. The zero-order valence-electron chi connectivity index (χ0n) is 9.52. The quantitative estimate of drug-likeness (QED) is 0.891. The lowest BCUT2D eigenvalue weighted by molar-refractivity contribution is -0.0796. The number of H-pyrrole nitrogens is 1. The molecule has 0 unspecified atom stereocenters. The second-order valence-corrected chi connectivity index (χ2v) is 4.54. The Bertz CT molecular complexity index is 566. The van der Waals surface area contributed by atoms with E-state index in [9.17, 15) is 0 Å². The number of nitrogens with two attached hydrogens (primary N) is 1. The summed E-state index contributed by atoms with van der Waals surface area (Å²) in [5.74, 6) is 1.12. The summed E-state index contributed by atoms with van der Waals surface area (Å²) in [5.41, 5.74) is 7.31. The fourth-order valence-corrected chi connectivity index (χ4v) is 1.94. The van der Waals surface area contributed by atoms with E-state index in [1.165, 1.54) is 0 Å². The molecule has 6 heteroatoms. The Morgan fingerprint density at radius 1 is 1.39 bits per heavy atom. The number of nitrogens with one attached hydrogen (secondary N) is 1. The van der Waals surface area contributed by atoms with Crippen LogP contribution in [-0.2, 0) is 4.74 Å². The molecule has 1 aromatic carbocycles. The molecule has 0 spiro atoms. The van der Waals surface area contributed by atoms with E-state index in [0.29, 0.717) is 29.8 Å². The molecular formula is C12H12ClN3O2. The molecule has 0 amide bonds. The summed E-state index contributed by atoms with van der Waals surface area (Å²) in [6, 6.07) is 7.33. The number of nitrogens with zero attached hydrogens (tertiary/aromatic N) is 1. The van der Waals surface area contributed by atoms with Crippen LogP contribution in [0.15, 0.2) is 24.3 Å². The molecule has 3 rings (SSSR count). The Morgan fingerprint density at radius 2 is 2.22 bits per heavy atom. The lowest BCUT2D eigenvalue weighted by atomic mass is 10.1. The van der Waals surface area contributed by atoms with Crippen molar-refractivity contribution in [1.82, 2.24) is 10.2 Å². The third-order valence-corrected chi connectivity index (χ3v) is 3.04. The smallest absolute Gasteiger partial charge is 0.145 e. The normalized spacial score (nSPS) is 15.4. The Hall–Kier alpha value is -1.72. The van der Waals surface area contributed by atoms with Crippen molar-refractivity contribution in [2.24, 2.45) is 0 Å². The molecule has 0 radical (unpaired) electrons. The standard InChI is InChI=1S/C12H12ClN3O2/c13-9-3-7(10-4-12(14)16-15-10)1-2-11(9)18-8-5-17-6-8/h1-4,8H,5-6H2,(H3,14,15,16). The Kier molecular flexibility index (Phi) is 2.85. The molecule has 0 bridgehead atoms. The molecule has 0 saturated carbocycles. The Balaban J connectivity index is 1.83. The number of halogens is 1. The summed E-state index contributed by atoms with van der Waals surface area (Å²) in [6.07, 6.45) is 0.108. The van der Waals surface area contributed by atoms with Gasteiger partial charge in [0.05, 0.1) is 23.9 Å². The Labute approximate surface area is 109 Å². The van der Waals surface area contributed by atoms with Gasteiger partial charge in [0.25, 0.3) is 0 Å². The number of nitrogen functional groups attached to an aromatic ring is 1. The molecule has 1 aliphatic heterocycles. The van der Waals surface area contributed by atoms with Crippen molar-refractivity contribution in [3.63, 3.8) is 0 Å². The lowest BCUT2D eigenvalue weighted by Gasteiger charge is -2.27. The van der Waals surface area contributed by atoms with Crippen molar-refractivity contribution in [2.45, 2.75) is 6.10 Å². The van der Waals surface area contributed by atoms with Crippen molar-refractivity contribution in [2.75, 3.05) is 18.9 Å². The third-order valence-electron chi connectivity index (χ3n) is 2.74. The van der Waals surface area contributed by atoms with Crippen molar-refractivity contribution >= 4 is 17.4 Å². The fourth-order valence-electron chi connectivity index (χ4n) is 1.71. The van der Waals surface area contributed by atoms with Crippen LogP contribution in [0.3, 0.4) is 0 Å². The molecular weight excluding hydrogens is 254 g/mol. The van der Waals surface area contributed by atoms with Crippen LogP contribution in [0.5, 0.6) is 5.75 Å². The van der Waals surface area contributed by atoms with E-state index in [2.05, 4.69) is 10.2 Å². The first-order valence-electron chi connectivity index (χ1n) is 5.57. The minimum atomic E-state index is 0.108. The van der Waals surface area contributed by atoms with Crippen LogP contribution in [-0.4, -0.2) is 29.5 Å². The van der Waals surface area contributed by atoms with E-state index in [1.807, 2.05) is 18.2 Å². The van der Waals surface area contributed by atoms with Gasteiger partial charge >= 0.3 is 0 Å². The highest BCUT2D eigenvalue weighted by atomic mass is 35.5. The first kappa shape index (κ1) is 11.4. The molecule has 94 valence electrons. The van der Waals surface area contributed by atoms with E-state index < -0.39 is 0 Å². The number of rotatable bonds is 3. The molecule has 3 N–H and O–H groups in total. The molecule has 0 atom stereocenters. The maximum atomic E-state index is 6.18. The van der Waals surface area contributed by atoms with E-state index in [4.69, 9.17) is 26.8 Å². The van der Waals surface area contributed by atoms with Gasteiger partial charge in [0, 0.05) is 11.6 Å². The molecule has 0 aliphatic carbocycles. The monoisotopic (exact) mass is 265 g/mol. The number of ether oxygens (including phenoxy) is 2. The average molecular weight is 266 g/mol. The van der Waals surface area contributed by atoms with Gasteiger partial charge in [-0.05, 0) is 18.2 Å². The van der Waals surface area contributed by atoms with Crippen LogP contribution in [0.4, 0.5) is 5.82 Å². The number of hydrogen-bond acceptors (Lipinski definition) is 4. The molecule has 1 aromatic heterocycles. The van der Waals surface area contributed by atoms with E-state index in [-0.39, 0.29) is 6.10 Å². The first-order valence-corrected chi connectivity index (χ1v) is 5.95. The molecule has 1 aliphatic rings. The van der Waals surface area contributed by atoms with Gasteiger partial charge in [-0.15, -0.1) is 0 Å². The number of hydrogen-bond donors (Lipinski definition) is 2. The van der Waals surface area contributed by atoms with Crippen LogP contribution >= 0.6 is 11.6 Å². The molecule has 2 heterocycles. The van der Waals surface area contributed by atoms with Crippen LogP contribution in [0, 0.1) is 0 Å². The predicted molar refractivity (Wildman–Crippen MR) is 68.7 cm³/mol. The van der Waals surface area contributed by atoms with Gasteiger partial charge in [-0.25, -0.2) is 0 Å². The van der Waals surface area contributed by atoms with Gasteiger partial charge in [-0.2, -0.15) is 5.10 Å². The second-order valence-electron chi connectivity index (χ2n) is 4.13. The maximum absolute atomic E-state index is 6.18. The van der Waals surface area contributed by atoms with E-state index in [1.54, 1.807) is 6.07 Å². The number of anilines is 1. The van der Waals surface area contributed by atoms with Gasteiger partial charge in [0.15, 0.2) is 0 Å². The van der Waals surface area contributed by atoms with Crippen molar-refractivity contribution in [1.29, 1.82) is 0 Å². The fraction of sp³-hybridized carbons (Fsp3) is 0.250. The van der Waals surface area contributed by atoms with Crippen molar-refractivity contribution in [3.05, 3.63) is 29.3 Å². The number of aromatic nitrogens is 2. The minimum Gasteiger partial charge on any atom is -0.484 e. The molecule has 1 fully saturated rings. The second kappa shape index (κ2) is 4.51. The first-order chi connectivity index (χ1) is 8.72. The summed E-state index contributed by atoms with van der Waals surface area (Å²) < 4.78 is 10.7. The van der Waals surface area contributed by atoms with Crippen LogP contribution in [0.25, 0.3) is 11.3 Å². The Morgan fingerprint density at radius 3 is 2.78 bits per heavy atom. The van der Waals surface area contributed by atoms with Gasteiger partial charge in [-0.3, -0.25) is 5.10 Å². The van der Waals surface area contributed by atoms with Crippen molar-refractivity contribution in [3.8, 4) is 17.0 Å². The molecule has 2 aromatic rings. The minimum absolute atomic E-state index is 0.108. The topological polar surface area (TPSA) is 73.2 Å². The van der Waals surface area contributed by atoms with E-state index in [0.717, 1.165) is 11.3 Å². The van der Waals surface area contributed by atoms with Crippen LogP contribution in [0.1, 0.15) is 0 Å². The highest BCUT2D eigenvalue weighted by Gasteiger charge is 2.21. The van der Waals surface area contributed by atoms with Gasteiger partial charge in [0.1, 0.15) is 17.7 Å². The summed E-state index contributed by atoms with van der Waals surface area (Å²) in [6.45, 7) is 1.24. The molecule has 18 heavy (non-hydrogen) atoms. The summed E-state index contributed by atoms with van der Waals surface area (Å²) in [5, 5.41) is 7.28. The average Bonchev–Trinajstić information content (AvgIpc) is 2.72. The van der Waals surface area contributed by atoms with Crippen LogP contribution in [0.2, 0.25) is 5.02 Å². The molecule has 5 nitrogen and oxygen atoms in total. The summed E-state index contributed by atoms with van der Waals surface area (Å²) in [7, 11) is 0. The summed E-state index contributed by atoms with van der Waals surface area (Å²) >= 11 is 6.18. The van der Waals surface area contributed by atoms with Crippen LogP contribution < -0.4 is 10.5 Å². The zero-order valence-corrected chi connectivity index (χ0v) is 10.3. The predicted octanol–water partition coefficient (Wildman–Crippen LogP) is 2.09. The highest BCUT2D eigenvalue weighted by Crippen LogP contribution is 2.31. The zero-order chi connectivity index (χ0) is 12.5. The summed E-state index contributed by atoms with van der Waals surface area (Å²) in [4.78, 5) is 0. The largest absolute Gasteiger partial charge is 0.484 e. The third kappa shape index (κ3) is 2.14. The van der Waals surface area contributed by atoms with Crippen molar-refractivity contribution < 1.29 is 9.47 Å². The molecule has 1 saturated heterocycles. The maximum Gasteiger partial charge on any atom is 0.145 e. The van der Waals surface area contributed by atoms with Gasteiger partial charge in [-0.1, -0.05) is 11.6 Å².